The van der Waals surface area contributed by atoms with E-state index in [1.165, 1.54) is 12.1 Å². The summed E-state index contributed by atoms with van der Waals surface area (Å²) in [5, 5.41) is 5.61. The maximum Gasteiger partial charge on any atom is 0.319 e. The van der Waals surface area contributed by atoms with Crippen LogP contribution in [0.4, 0.5) is 9.18 Å². The first kappa shape index (κ1) is 17.6. The third-order valence-corrected chi connectivity index (χ3v) is 5.50. The predicted molar refractivity (Wildman–Crippen MR) is 101 cm³/mol. The molecule has 5 nitrogen and oxygen atoms in total. The lowest BCUT2D eigenvalue weighted by Gasteiger charge is -2.25. The molecule has 2 aliphatic rings. The summed E-state index contributed by atoms with van der Waals surface area (Å²) in [5.41, 5.74) is 2.90. The van der Waals surface area contributed by atoms with Crippen molar-refractivity contribution >= 4 is 23.7 Å². The number of carbonyl (C=O) groups is 2. The van der Waals surface area contributed by atoms with Crippen LogP contribution in [-0.2, 0) is 11.3 Å². The zero-order valence-corrected chi connectivity index (χ0v) is 15.5. The molecule has 7 heteroatoms. The van der Waals surface area contributed by atoms with Gasteiger partial charge in [0.05, 0.1) is 23.9 Å². The fourth-order valence-corrected chi connectivity index (χ4v) is 3.82. The highest BCUT2D eigenvalue weighted by Gasteiger charge is 2.40. The lowest BCUT2D eigenvalue weighted by atomic mass is 9.96. The molecule has 2 aliphatic heterocycles. The van der Waals surface area contributed by atoms with E-state index >= 15 is 0 Å². The van der Waals surface area contributed by atoms with Crippen LogP contribution in [-0.4, -0.2) is 29.6 Å². The monoisotopic (exact) mass is 383 g/mol. The second kappa shape index (κ2) is 7.08. The highest BCUT2D eigenvalue weighted by atomic mass is 32.2. The molecule has 0 fully saturated rings. The molecule has 0 aliphatic carbocycles. The number of thioether (sulfide) groups is 1. The number of nitrogens with one attached hydrogen (secondary N) is 2. The second-order valence-electron chi connectivity index (χ2n) is 6.48. The summed E-state index contributed by atoms with van der Waals surface area (Å²) in [6.45, 7) is 0.693. The van der Waals surface area contributed by atoms with Gasteiger partial charge in [-0.3, -0.25) is 4.79 Å². The number of carbonyl (C=O) groups excluding carboxylic acids is 2. The molecule has 0 aromatic heterocycles. The van der Waals surface area contributed by atoms with Gasteiger partial charge in [0.25, 0.3) is 5.91 Å². The molecule has 2 aromatic carbocycles. The van der Waals surface area contributed by atoms with Crippen LogP contribution in [0.1, 0.15) is 17.2 Å². The van der Waals surface area contributed by atoms with Gasteiger partial charge in [0.1, 0.15) is 5.82 Å². The molecule has 0 radical (unpaired) electrons. The van der Waals surface area contributed by atoms with E-state index < -0.39 is 6.04 Å². The van der Waals surface area contributed by atoms with Crippen LogP contribution in [0, 0.1) is 5.82 Å². The van der Waals surface area contributed by atoms with Gasteiger partial charge in [0.15, 0.2) is 0 Å². The molecule has 0 unspecified atom stereocenters. The van der Waals surface area contributed by atoms with Crippen molar-refractivity contribution in [1.29, 1.82) is 0 Å². The molecule has 138 valence electrons. The van der Waals surface area contributed by atoms with E-state index in [1.807, 2.05) is 30.5 Å². The zero-order chi connectivity index (χ0) is 19.0. The summed E-state index contributed by atoms with van der Waals surface area (Å²) in [7, 11) is 0. The Morgan fingerprint density at radius 2 is 1.81 bits per heavy atom. The molecular formula is C20H18FN3O2S. The number of nitrogens with zero attached hydrogens (tertiary/aromatic N) is 1. The zero-order valence-electron chi connectivity index (χ0n) is 14.7. The standard InChI is InChI=1S/C20H18FN3O2S/c1-27-15-8-4-13(5-9-15)18-17-16(22-20(26)23-18)11-24(19(17)25)10-12-2-6-14(21)7-3-12/h2-9,18H,10-11H2,1H3,(H2,22,23,26)/t18-/m1/s1. The van der Waals surface area contributed by atoms with E-state index in [-0.39, 0.29) is 17.8 Å². The fourth-order valence-electron chi connectivity index (χ4n) is 3.41. The number of halogens is 1. The van der Waals surface area contributed by atoms with Gasteiger partial charge < -0.3 is 15.5 Å². The number of hydrogen-bond donors (Lipinski definition) is 2. The topological polar surface area (TPSA) is 61.4 Å². The molecule has 2 heterocycles. The highest BCUT2D eigenvalue weighted by Crippen LogP contribution is 2.33. The maximum atomic E-state index is 13.1. The number of hydrogen-bond acceptors (Lipinski definition) is 3. The Bertz CT molecular complexity index is 925. The summed E-state index contributed by atoms with van der Waals surface area (Å²) in [5.74, 6) is -0.435. The first-order valence-corrected chi connectivity index (χ1v) is 9.76. The summed E-state index contributed by atoms with van der Waals surface area (Å²) in [6.07, 6.45) is 2.00. The van der Waals surface area contributed by atoms with Gasteiger partial charge in [-0.05, 0) is 41.6 Å². The minimum absolute atomic E-state index is 0.124. The Labute approximate surface area is 160 Å². The number of urea groups is 1. The first-order valence-electron chi connectivity index (χ1n) is 8.53. The molecular weight excluding hydrogens is 365 g/mol. The average Bonchev–Trinajstić information content (AvgIpc) is 2.98. The molecule has 0 spiro atoms. The van der Waals surface area contributed by atoms with Crippen molar-refractivity contribution in [2.24, 2.45) is 0 Å². The van der Waals surface area contributed by atoms with Crippen molar-refractivity contribution in [3.05, 3.63) is 76.7 Å². The fraction of sp³-hybridized carbons (Fsp3) is 0.200. The molecule has 27 heavy (non-hydrogen) atoms. The average molecular weight is 383 g/mol. The lowest BCUT2D eigenvalue weighted by molar-refractivity contribution is -0.126. The quantitative estimate of drug-likeness (QED) is 0.797. The Morgan fingerprint density at radius 3 is 2.48 bits per heavy atom. The molecule has 3 amide bonds. The van der Waals surface area contributed by atoms with Crippen molar-refractivity contribution in [1.82, 2.24) is 15.5 Å². The molecule has 0 bridgehead atoms. The van der Waals surface area contributed by atoms with E-state index in [9.17, 15) is 14.0 Å². The van der Waals surface area contributed by atoms with Gasteiger partial charge in [-0.2, -0.15) is 0 Å². The largest absolute Gasteiger partial charge is 0.329 e. The van der Waals surface area contributed by atoms with Gasteiger partial charge in [-0.1, -0.05) is 24.3 Å². The highest BCUT2D eigenvalue weighted by molar-refractivity contribution is 7.98. The SMILES string of the molecule is CSc1ccc([C@H]2NC(=O)NC3=C2C(=O)N(Cc2ccc(F)cc2)C3)cc1. The van der Waals surface area contributed by atoms with Gasteiger partial charge in [-0.25, -0.2) is 9.18 Å². The number of amides is 3. The summed E-state index contributed by atoms with van der Waals surface area (Å²) >= 11 is 1.63. The minimum Gasteiger partial charge on any atom is -0.329 e. The predicted octanol–water partition coefficient (Wildman–Crippen LogP) is 3.20. The van der Waals surface area contributed by atoms with Crippen molar-refractivity contribution in [3.8, 4) is 0 Å². The van der Waals surface area contributed by atoms with Crippen molar-refractivity contribution in [2.45, 2.75) is 17.5 Å². The van der Waals surface area contributed by atoms with Crippen LogP contribution in [0.2, 0.25) is 0 Å². The summed E-state index contributed by atoms with van der Waals surface area (Å²) in [6, 6.07) is 13.1. The van der Waals surface area contributed by atoms with E-state index in [4.69, 9.17) is 0 Å². The van der Waals surface area contributed by atoms with Crippen LogP contribution in [0.25, 0.3) is 0 Å². The van der Waals surface area contributed by atoms with Gasteiger partial charge in [0, 0.05) is 11.4 Å². The molecule has 4 rings (SSSR count). The normalized spacial score (nSPS) is 19.0. The second-order valence-corrected chi connectivity index (χ2v) is 7.36. The number of rotatable bonds is 4. The van der Waals surface area contributed by atoms with E-state index in [1.54, 1.807) is 28.8 Å². The molecule has 2 aromatic rings. The van der Waals surface area contributed by atoms with E-state index in [0.29, 0.717) is 24.4 Å². The van der Waals surface area contributed by atoms with Gasteiger partial charge >= 0.3 is 6.03 Å². The Hall–Kier alpha value is -2.80. The third kappa shape index (κ3) is 3.42. The van der Waals surface area contributed by atoms with E-state index in [2.05, 4.69) is 10.6 Å². The van der Waals surface area contributed by atoms with Crippen molar-refractivity contribution in [3.63, 3.8) is 0 Å². The smallest absolute Gasteiger partial charge is 0.319 e. The van der Waals surface area contributed by atoms with Gasteiger partial charge in [-0.15, -0.1) is 11.8 Å². The summed E-state index contributed by atoms with van der Waals surface area (Å²) in [4.78, 5) is 27.9. The van der Waals surface area contributed by atoms with Crippen molar-refractivity contribution in [2.75, 3.05) is 12.8 Å². The summed E-state index contributed by atoms with van der Waals surface area (Å²) < 4.78 is 13.1. The Morgan fingerprint density at radius 1 is 1.11 bits per heavy atom. The van der Waals surface area contributed by atoms with Gasteiger partial charge in [0.2, 0.25) is 0 Å². The molecule has 0 saturated heterocycles. The molecule has 1 atom stereocenters. The Kier molecular flexibility index (Phi) is 4.61. The number of benzene rings is 2. The van der Waals surface area contributed by atoms with E-state index in [0.717, 1.165) is 16.0 Å². The molecule has 2 N–H and O–H groups in total. The maximum absolute atomic E-state index is 13.1. The Balaban J connectivity index is 1.60. The minimum atomic E-state index is -0.477. The lowest BCUT2D eigenvalue weighted by Crippen LogP contribution is -2.44. The van der Waals surface area contributed by atoms with Crippen LogP contribution < -0.4 is 10.6 Å². The first-order chi connectivity index (χ1) is 13.0. The molecule has 0 saturated carbocycles. The van der Waals surface area contributed by atoms with Crippen LogP contribution >= 0.6 is 11.8 Å². The van der Waals surface area contributed by atoms with Crippen LogP contribution in [0.15, 0.2) is 64.7 Å². The third-order valence-electron chi connectivity index (χ3n) is 4.76. The van der Waals surface area contributed by atoms with Crippen molar-refractivity contribution < 1.29 is 14.0 Å². The van der Waals surface area contributed by atoms with Crippen LogP contribution in [0.3, 0.4) is 0 Å². The van der Waals surface area contributed by atoms with Crippen LogP contribution in [0.5, 0.6) is 0 Å².